The second-order valence-electron chi connectivity index (χ2n) is 12.1. The average Bonchev–Trinajstić information content (AvgIpc) is 3.56. The summed E-state index contributed by atoms with van der Waals surface area (Å²) in [6.45, 7) is 6.32. The minimum Gasteiger partial charge on any atom is -0.402 e. The van der Waals surface area contributed by atoms with E-state index >= 15 is 0 Å². The van der Waals surface area contributed by atoms with E-state index in [0.29, 0.717) is 29.9 Å². The van der Waals surface area contributed by atoms with Crippen molar-refractivity contribution in [2.45, 2.75) is 71.6 Å². The van der Waals surface area contributed by atoms with Gasteiger partial charge in [-0.25, -0.2) is 0 Å². The standard InChI is InChI=1S/C24H35N3O.C14H12N4O/c1-4-9-21-19(12-8-13-20(21)17(2)3)16-24(28)27-23(26)15-14-22(25)18-10-6-5-7-11-18;19-14(17-13-5-2-7-16-18-13)9-10-3-1-4-12-11(10)6-8-15-12/h4,8-9,12-15,17-18H,5-7,10-11,16,25-26H2,1-3H3,(H,27,28);1-8,15H,9H2,(H,17,18,19)/b9-4-,22-14-,23-15+;. The fourth-order valence-corrected chi connectivity index (χ4v) is 5.87. The first kappa shape index (κ1) is 34.7. The van der Waals surface area contributed by atoms with Crippen molar-refractivity contribution in [2.75, 3.05) is 5.32 Å². The summed E-state index contributed by atoms with van der Waals surface area (Å²) in [7, 11) is 0. The van der Waals surface area contributed by atoms with Crippen molar-refractivity contribution in [1.29, 1.82) is 0 Å². The molecule has 0 atom stereocenters. The van der Waals surface area contributed by atoms with Crippen molar-refractivity contribution in [3.05, 3.63) is 119 Å². The van der Waals surface area contributed by atoms with Gasteiger partial charge in [0.25, 0.3) is 0 Å². The Kier molecular flexibility index (Phi) is 12.9. The van der Waals surface area contributed by atoms with Gasteiger partial charge in [0, 0.05) is 29.0 Å². The molecule has 0 aliphatic heterocycles. The van der Waals surface area contributed by atoms with Gasteiger partial charge in [-0.3, -0.25) is 9.59 Å². The monoisotopic (exact) mass is 633 g/mol. The summed E-state index contributed by atoms with van der Waals surface area (Å²) in [6, 6.07) is 17.4. The largest absolute Gasteiger partial charge is 0.402 e. The SMILES string of the molecule is C/C=C\c1c(CC(=O)N/C(N)=C/C=C(\N)C2CCCCC2)cccc1C(C)C.O=C(Cc1cccc2[nH]ccc12)Nc1cccnn1. The summed E-state index contributed by atoms with van der Waals surface area (Å²) >= 11 is 0. The van der Waals surface area contributed by atoms with Crippen molar-refractivity contribution in [3.63, 3.8) is 0 Å². The maximum atomic E-state index is 12.5. The molecule has 5 rings (SSSR count). The smallest absolute Gasteiger partial charge is 0.230 e. The number of allylic oxidation sites excluding steroid dienone is 4. The molecule has 1 fully saturated rings. The summed E-state index contributed by atoms with van der Waals surface area (Å²) in [5.41, 5.74) is 18.4. The number of aromatic amines is 1. The van der Waals surface area contributed by atoms with Crippen LogP contribution in [0.25, 0.3) is 17.0 Å². The average molecular weight is 634 g/mol. The van der Waals surface area contributed by atoms with E-state index < -0.39 is 0 Å². The first-order chi connectivity index (χ1) is 22.7. The molecule has 9 heteroatoms. The summed E-state index contributed by atoms with van der Waals surface area (Å²) in [5.74, 6) is 1.41. The van der Waals surface area contributed by atoms with E-state index in [1.165, 1.54) is 24.8 Å². The van der Waals surface area contributed by atoms with Crippen LogP contribution in [-0.2, 0) is 22.4 Å². The van der Waals surface area contributed by atoms with Gasteiger partial charge in [0.1, 0.15) is 5.82 Å². The first-order valence-corrected chi connectivity index (χ1v) is 16.3. The highest BCUT2D eigenvalue weighted by molar-refractivity contribution is 5.95. The summed E-state index contributed by atoms with van der Waals surface area (Å²) < 4.78 is 0. The predicted molar refractivity (Wildman–Crippen MR) is 191 cm³/mol. The molecular formula is C38H47N7O2. The summed E-state index contributed by atoms with van der Waals surface area (Å²) in [4.78, 5) is 27.6. The number of hydrogen-bond acceptors (Lipinski definition) is 6. The number of amides is 2. The van der Waals surface area contributed by atoms with E-state index in [9.17, 15) is 9.59 Å². The third kappa shape index (κ3) is 10.4. The molecule has 7 N–H and O–H groups in total. The van der Waals surface area contributed by atoms with Crippen molar-refractivity contribution in [2.24, 2.45) is 17.4 Å². The highest BCUT2D eigenvalue weighted by Crippen LogP contribution is 2.27. The van der Waals surface area contributed by atoms with Gasteiger partial charge in [0.2, 0.25) is 11.8 Å². The first-order valence-electron chi connectivity index (χ1n) is 16.3. The van der Waals surface area contributed by atoms with Crippen LogP contribution in [0.4, 0.5) is 5.82 Å². The molecular weight excluding hydrogens is 586 g/mol. The van der Waals surface area contributed by atoms with Gasteiger partial charge >= 0.3 is 0 Å². The van der Waals surface area contributed by atoms with Crippen molar-refractivity contribution >= 4 is 34.6 Å². The molecule has 0 unspecified atom stereocenters. The molecule has 2 heterocycles. The van der Waals surface area contributed by atoms with Crippen LogP contribution >= 0.6 is 0 Å². The van der Waals surface area contributed by atoms with E-state index in [-0.39, 0.29) is 18.2 Å². The topological polar surface area (TPSA) is 152 Å². The zero-order chi connectivity index (χ0) is 33.6. The van der Waals surface area contributed by atoms with Gasteiger partial charge < -0.3 is 27.1 Å². The number of carbonyl (C=O) groups is 2. The molecule has 0 saturated heterocycles. The third-order valence-corrected chi connectivity index (χ3v) is 8.23. The molecule has 1 aliphatic rings. The number of carbonyl (C=O) groups excluding carboxylic acids is 2. The molecule has 2 amide bonds. The Morgan fingerprint density at radius 2 is 1.68 bits per heavy atom. The number of nitrogens with one attached hydrogen (secondary N) is 3. The Morgan fingerprint density at radius 3 is 2.40 bits per heavy atom. The second-order valence-corrected chi connectivity index (χ2v) is 12.1. The lowest BCUT2D eigenvalue weighted by atomic mass is 9.87. The molecule has 9 nitrogen and oxygen atoms in total. The normalized spacial score (nSPS) is 14.2. The number of aromatic nitrogens is 3. The number of H-pyrrole nitrogens is 1. The van der Waals surface area contributed by atoms with E-state index in [2.05, 4.69) is 51.8 Å². The van der Waals surface area contributed by atoms with Gasteiger partial charge in [-0.2, -0.15) is 5.10 Å². The number of anilines is 1. The van der Waals surface area contributed by atoms with Crippen LogP contribution in [0.3, 0.4) is 0 Å². The number of nitrogens with zero attached hydrogens (tertiary/aromatic N) is 2. The Balaban J connectivity index is 0.000000228. The zero-order valence-electron chi connectivity index (χ0n) is 27.6. The molecule has 1 saturated carbocycles. The number of rotatable bonds is 10. The van der Waals surface area contributed by atoms with Crippen molar-refractivity contribution in [1.82, 2.24) is 20.5 Å². The lowest BCUT2D eigenvalue weighted by molar-refractivity contribution is -0.119. The fourth-order valence-electron chi connectivity index (χ4n) is 5.87. The molecule has 47 heavy (non-hydrogen) atoms. The van der Waals surface area contributed by atoms with Crippen LogP contribution in [-0.4, -0.2) is 27.0 Å². The predicted octanol–water partition coefficient (Wildman–Crippen LogP) is 6.86. The van der Waals surface area contributed by atoms with Crippen LogP contribution in [0, 0.1) is 5.92 Å². The molecule has 0 spiro atoms. The maximum absolute atomic E-state index is 12.5. The second kappa shape index (κ2) is 17.5. The Morgan fingerprint density at radius 1 is 0.936 bits per heavy atom. The molecule has 0 radical (unpaired) electrons. The number of nitrogens with two attached hydrogens (primary N) is 2. The highest BCUT2D eigenvalue weighted by Gasteiger charge is 2.16. The molecule has 2 aromatic carbocycles. The van der Waals surface area contributed by atoms with E-state index in [1.54, 1.807) is 24.4 Å². The van der Waals surface area contributed by atoms with Crippen LogP contribution in [0.1, 0.15) is 81.0 Å². The Bertz CT molecular complexity index is 1710. The fraction of sp³-hybridized carbons (Fsp3) is 0.316. The van der Waals surface area contributed by atoms with Gasteiger partial charge in [-0.05, 0) is 90.3 Å². The lowest BCUT2D eigenvalue weighted by Crippen LogP contribution is -2.29. The van der Waals surface area contributed by atoms with Crippen molar-refractivity contribution < 1.29 is 9.59 Å². The van der Waals surface area contributed by atoms with Crippen LogP contribution in [0.5, 0.6) is 0 Å². The Labute approximate surface area is 277 Å². The van der Waals surface area contributed by atoms with E-state index in [0.717, 1.165) is 46.1 Å². The molecule has 246 valence electrons. The molecule has 4 aromatic rings. The number of hydrogen-bond donors (Lipinski definition) is 5. The van der Waals surface area contributed by atoms with Crippen LogP contribution in [0.15, 0.2) is 96.7 Å². The lowest BCUT2D eigenvalue weighted by Gasteiger charge is -2.21. The van der Waals surface area contributed by atoms with Crippen LogP contribution in [0.2, 0.25) is 0 Å². The van der Waals surface area contributed by atoms with Gasteiger partial charge in [0.15, 0.2) is 5.82 Å². The van der Waals surface area contributed by atoms with Crippen LogP contribution < -0.4 is 22.1 Å². The summed E-state index contributed by atoms with van der Waals surface area (Å²) in [5, 5.41) is 14.1. The van der Waals surface area contributed by atoms with Gasteiger partial charge in [0.05, 0.1) is 12.8 Å². The molecule has 2 aromatic heterocycles. The minimum atomic E-state index is -0.120. The molecule has 1 aliphatic carbocycles. The Hall–Kier alpha value is -5.18. The van der Waals surface area contributed by atoms with E-state index in [4.69, 9.17) is 11.5 Å². The molecule has 0 bridgehead atoms. The summed E-state index contributed by atoms with van der Waals surface area (Å²) in [6.07, 6.45) is 17.7. The number of fused-ring (bicyclic) bond motifs is 1. The van der Waals surface area contributed by atoms with Gasteiger partial charge in [-0.1, -0.05) is 75.6 Å². The third-order valence-electron chi connectivity index (χ3n) is 8.23. The minimum absolute atomic E-state index is 0.103. The van der Waals surface area contributed by atoms with E-state index in [1.807, 2.05) is 61.7 Å². The maximum Gasteiger partial charge on any atom is 0.230 e. The van der Waals surface area contributed by atoms with Crippen molar-refractivity contribution in [3.8, 4) is 0 Å². The highest BCUT2D eigenvalue weighted by atomic mass is 16.2. The van der Waals surface area contributed by atoms with Gasteiger partial charge in [-0.15, -0.1) is 5.10 Å². The zero-order valence-corrected chi connectivity index (χ0v) is 27.6. The number of benzene rings is 2. The quantitative estimate of drug-likeness (QED) is 0.120.